The third-order valence-corrected chi connectivity index (χ3v) is 3.43. The van der Waals surface area contributed by atoms with E-state index in [0.29, 0.717) is 5.92 Å². The van der Waals surface area contributed by atoms with Crippen LogP contribution in [0.5, 0.6) is 0 Å². The molecule has 4 heteroatoms. The van der Waals surface area contributed by atoms with Crippen LogP contribution in [0.3, 0.4) is 0 Å². The molecule has 0 spiro atoms. The Morgan fingerprint density at radius 1 is 1.36 bits per heavy atom. The third-order valence-electron chi connectivity index (χ3n) is 3.43. The van der Waals surface area contributed by atoms with Gasteiger partial charge in [0.1, 0.15) is 0 Å². The number of hydrogen-bond donors (Lipinski definition) is 2. The molecule has 1 heterocycles. The second-order valence-electron chi connectivity index (χ2n) is 4.32. The summed E-state index contributed by atoms with van der Waals surface area (Å²) < 4.78 is 0. The number of amides is 1. The van der Waals surface area contributed by atoms with E-state index in [9.17, 15) is 4.79 Å². The minimum Gasteiger partial charge on any atom is -0.368 e. The molecule has 1 aliphatic heterocycles. The molecule has 0 aromatic rings. The van der Waals surface area contributed by atoms with Crippen molar-refractivity contribution in [1.82, 2.24) is 10.2 Å². The Hall–Kier alpha value is -0.610. The number of nitrogens with one attached hydrogen (secondary N) is 1. The highest BCUT2D eigenvalue weighted by atomic mass is 16.1. The van der Waals surface area contributed by atoms with Crippen molar-refractivity contribution in [3.05, 3.63) is 0 Å². The van der Waals surface area contributed by atoms with Crippen molar-refractivity contribution < 1.29 is 4.79 Å². The summed E-state index contributed by atoms with van der Waals surface area (Å²) in [5, 5.41) is 3.29. The van der Waals surface area contributed by atoms with E-state index in [1.54, 1.807) is 0 Å². The fourth-order valence-corrected chi connectivity index (χ4v) is 2.43. The first-order valence-electron chi connectivity index (χ1n) is 5.53. The van der Waals surface area contributed by atoms with Gasteiger partial charge in [-0.1, -0.05) is 6.42 Å². The van der Waals surface area contributed by atoms with Gasteiger partial charge in [0.15, 0.2) is 0 Å². The fourth-order valence-electron chi connectivity index (χ4n) is 2.43. The Kier molecular flexibility index (Phi) is 3.03. The molecular weight excluding hydrogens is 178 g/mol. The largest absolute Gasteiger partial charge is 0.368 e. The van der Waals surface area contributed by atoms with Crippen LogP contribution in [0.25, 0.3) is 0 Å². The first kappa shape index (κ1) is 9.93. The molecule has 0 aromatic heterocycles. The van der Waals surface area contributed by atoms with Crippen molar-refractivity contribution >= 4 is 5.91 Å². The van der Waals surface area contributed by atoms with Crippen molar-refractivity contribution in [2.45, 2.75) is 25.3 Å². The second kappa shape index (κ2) is 4.28. The standard InChI is InChI=1S/C10H19N3O/c11-10(14)9(8-2-1-3-8)13-6-4-12-5-7-13/h8-9,12H,1-7H2,(H2,11,14). The maximum Gasteiger partial charge on any atom is 0.235 e. The zero-order valence-electron chi connectivity index (χ0n) is 8.54. The second-order valence-corrected chi connectivity index (χ2v) is 4.32. The molecule has 1 amide bonds. The highest BCUT2D eigenvalue weighted by molar-refractivity contribution is 5.80. The molecule has 1 atom stereocenters. The Balaban J connectivity index is 1.97. The van der Waals surface area contributed by atoms with Crippen LogP contribution in [-0.2, 0) is 4.79 Å². The summed E-state index contributed by atoms with van der Waals surface area (Å²) in [6.07, 6.45) is 3.62. The van der Waals surface area contributed by atoms with Crippen LogP contribution >= 0.6 is 0 Å². The molecular formula is C10H19N3O. The van der Waals surface area contributed by atoms with Gasteiger partial charge in [-0.3, -0.25) is 9.69 Å². The first-order chi connectivity index (χ1) is 6.79. The number of piperazine rings is 1. The van der Waals surface area contributed by atoms with Crippen LogP contribution in [-0.4, -0.2) is 43.0 Å². The molecule has 80 valence electrons. The maximum absolute atomic E-state index is 11.4. The molecule has 4 nitrogen and oxygen atoms in total. The molecule has 14 heavy (non-hydrogen) atoms. The smallest absolute Gasteiger partial charge is 0.235 e. The quantitative estimate of drug-likeness (QED) is 0.644. The number of nitrogens with zero attached hydrogens (tertiary/aromatic N) is 1. The summed E-state index contributed by atoms with van der Waals surface area (Å²) in [6.45, 7) is 3.89. The average molecular weight is 197 g/mol. The van der Waals surface area contributed by atoms with Gasteiger partial charge in [0.25, 0.3) is 0 Å². The van der Waals surface area contributed by atoms with Crippen LogP contribution in [0.4, 0.5) is 0 Å². The Labute approximate surface area is 84.8 Å². The summed E-state index contributed by atoms with van der Waals surface area (Å²) in [5.74, 6) is 0.405. The first-order valence-corrected chi connectivity index (χ1v) is 5.53. The van der Waals surface area contributed by atoms with Gasteiger partial charge in [-0.05, 0) is 18.8 Å². The number of carbonyl (C=O) groups is 1. The summed E-state index contributed by atoms with van der Waals surface area (Å²) in [5.41, 5.74) is 5.48. The summed E-state index contributed by atoms with van der Waals surface area (Å²) in [7, 11) is 0. The fraction of sp³-hybridized carbons (Fsp3) is 0.900. The average Bonchev–Trinajstić information content (AvgIpc) is 2.12. The van der Waals surface area contributed by atoms with Gasteiger partial charge >= 0.3 is 0 Å². The molecule has 3 N–H and O–H groups in total. The number of primary amides is 1. The maximum atomic E-state index is 11.4. The van der Waals surface area contributed by atoms with E-state index in [1.165, 1.54) is 19.3 Å². The number of rotatable bonds is 3. The predicted molar refractivity (Wildman–Crippen MR) is 54.8 cm³/mol. The van der Waals surface area contributed by atoms with Gasteiger partial charge in [0.05, 0.1) is 6.04 Å². The lowest BCUT2D eigenvalue weighted by Crippen LogP contribution is -2.56. The lowest BCUT2D eigenvalue weighted by atomic mass is 9.78. The molecule has 1 saturated heterocycles. The van der Waals surface area contributed by atoms with E-state index >= 15 is 0 Å². The molecule has 2 rings (SSSR count). The highest BCUT2D eigenvalue weighted by Gasteiger charge is 2.35. The molecule has 1 unspecified atom stereocenters. The van der Waals surface area contributed by atoms with E-state index in [-0.39, 0.29) is 11.9 Å². The van der Waals surface area contributed by atoms with Crippen LogP contribution in [0.2, 0.25) is 0 Å². The van der Waals surface area contributed by atoms with Crippen LogP contribution in [0.1, 0.15) is 19.3 Å². The van der Waals surface area contributed by atoms with Gasteiger partial charge in [0, 0.05) is 26.2 Å². The summed E-state index contributed by atoms with van der Waals surface area (Å²) in [4.78, 5) is 13.6. The third kappa shape index (κ3) is 1.91. The van der Waals surface area contributed by atoms with E-state index in [4.69, 9.17) is 5.73 Å². The van der Waals surface area contributed by atoms with Crippen LogP contribution in [0, 0.1) is 5.92 Å². The van der Waals surface area contributed by atoms with Crippen LogP contribution < -0.4 is 11.1 Å². The molecule has 0 aromatic carbocycles. The number of nitrogens with two attached hydrogens (primary N) is 1. The van der Waals surface area contributed by atoms with Gasteiger partial charge in [-0.2, -0.15) is 0 Å². The van der Waals surface area contributed by atoms with E-state index < -0.39 is 0 Å². The molecule has 0 radical (unpaired) electrons. The number of carbonyl (C=O) groups excluding carboxylic acids is 1. The van der Waals surface area contributed by atoms with Gasteiger partial charge in [-0.15, -0.1) is 0 Å². The topological polar surface area (TPSA) is 58.4 Å². The zero-order valence-corrected chi connectivity index (χ0v) is 8.54. The molecule has 1 aliphatic carbocycles. The van der Waals surface area contributed by atoms with Crippen molar-refractivity contribution in [2.75, 3.05) is 26.2 Å². The summed E-state index contributed by atoms with van der Waals surface area (Å²) >= 11 is 0. The van der Waals surface area contributed by atoms with Crippen molar-refractivity contribution in [2.24, 2.45) is 11.7 Å². The van der Waals surface area contributed by atoms with Gasteiger partial charge < -0.3 is 11.1 Å². The van der Waals surface area contributed by atoms with E-state index in [1.807, 2.05) is 0 Å². The van der Waals surface area contributed by atoms with Crippen LogP contribution in [0.15, 0.2) is 0 Å². The predicted octanol–water partition coefficient (Wildman–Crippen LogP) is -0.454. The van der Waals surface area contributed by atoms with E-state index in [0.717, 1.165) is 26.2 Å². The van der Waals surface area contributed by atoms with E-state index in [2.05, 4.69) is 10.2 Å². The SMILES string of the molecule is NC(=O)C(C1CCC1)N1CCNCC1. The van der Waals surface area contributed by atoms with Crippen molar-refractivity contribution in [1.29, 1.82) is 0 Å². The lowest BCUT2D eigenvalue weighted by molar-refractivity contribution is -0.126. The Morgan fingerprint density at radius 2 is 2.00 bits per heavy atom. The monoisotopic (exact) mass is 197 g/mol. The lowest BCUT2D eigenvalue weighted by Gasteiger charge is -2.41. The van der Waals surface area contributed by atoms with Crippen molar-refractivity contribution in [3.63, 3.8) is 0 Å². The minimum absolute atomic E-state index is 0.00542. The molecule has 2 aliphatic rings. The highest BCUT2D eigenvalue weighted by Crippen LogP contribution is 2.32. The summed E-state index contributed by atoms with van der Waals surface area (Å²) in [6, 6.07) is 0.00542. The molecule has 2 fully saturated rings. The van der Waals surface area contributed by atoms with Gasteiger partial charge in [0.2, 0.25) is 5.91 Å². The Morgan fingerprint density at radius 3 is 2.43 bits per heavy atom. The zero-order chi connectivity index (χ0) is 9.97. The molecule has 1 saturated carbocycles. The minimum atomic E-state index is -0.128. The van der Waals surface area contributed by atoms with Crippen molar-refractivity contribution in [3.8, 4) is 0 Å². The molecule has 0 bridgehead atoms. The van der Waals surface area contributed by atoms with Gasteiger partial charge in [-0.25, -0.2) is 0 Å². The number of hydrogen-bond acceptors (Lipinski definition) is 3. The Bertz CT molecular complexity index is 209. The normalized spacial score (nSPS) is 26.9.